The molecule has 0 spiro atoms. The van der Waals surface area contributed by atoms with Gasteiger partial charge >= 0.3 is 0 Å². The number of aromatic nitrogens is 2. The van der Waals surface area contributed by atoms with Crippen molar-refractivity contribution in [3.8, 4) is 0 Å². The van der Waals surface area contributed by atoms with Crippen molar-refractivity contribution in [2.75, 3.05) is 6.54 Å². The number of carbonyl (C=O) groups excluding carboxylic acids is 1. The van der Waals surface area contributed by atoms with E-state index in [4.69, 9.17) is 0 Å². The summed E-state index contributed by atoms with van der Waals surface area (Å²) < 4.78 is 1.70. The maximum Gasteiger partial charge on any atom is 0.255 e. The molecule has 1 N–H and O–H groups in total. The first-order valence-electron chi connectivity index (χ1n) is 6.06. The Morgan fingerprint density at radius 1 is 1.37 bits per heavy atom. The van der Waals surface area contributed by atoms with Crippen LogP contribution in [0.15, 0.2) is 47.4 Å². The lowest BCUT2D eigenvalue weighted by Gasteiger charge is -2.03. The Bertz CT molecular complexity index is 688. The highest BCUT2D eigenvalue weighted by Crippen LogP contribution is 2.10. The highest BCUT2D eigenvalue weighted by atomic mass is 32.1. The van der Waals surface area contributed by atoms with E-state index >= 15 is 0 Å². The molecule has 5 heteroatoms. The van der Waals surface area contributed by atoms with Crippen LogP contribution in [-0.2, 0) is 6.42 Å². The van der Waals surface area contributed by atoms with E-state index in [2.05, 4.69) is 21.9 Å². The van der Waals surface area contributed by atoms with E-state index in [1.54, 1.807) is 22.0 Å². The largest absolute Gasteiger partial charge is 0.352 e. The molecule has 19 heavy (non-hydrogen) atoms. The first-order valence-corrected chi connectivity index (χ1v) is 7.00. The van der Waals surface area contributed by atoms with Crippen molar-refractivity contribution < 1.29 is 4.79 Å². The van der Waals surface area contributed by atoms with Gasteiger partial charge in [-0.1, -0.05) is 6.07 Å². The van der Waals surface area contributed by atoms with E-state index < -0.39 is 0 Å². The van der Waals surface area contributed by atoms with E-state index in [9.17, 15) is 4.79 Å². The molecule has 3 rings (SSSR count). The number of fused-ring (bicyclic) bond motifs is 1. The predicted octanol–water partition coefficient (Wildman–Crippen LogP) is 2.37. The molecule has 96 valence electrons. The molecule has 0 saturated carbocycles. The van der Waals surface area contributed by atoms with E-state index in [1.807, 2.05) is 29.8 Å². The van der Waals surface area contributed by atoms with Crippen molar-refractivity contribution in [1.29, 1.82) is 0 Å². The summed E-state index contributed by atoms with van der Waals surface area (Å²) >= 11 is 1.67. The molecule has 0 saturated heterocycles. The van der Waals surface area contributed by atoms with Crippen LogP contribution in [0, 0.1) is 0 Å². The van der Waals surface area contributed by atoms with Crippen molar-refractivity contribution in [1.82, 2.24) is 14.9 Å². The molecule has 0 atom stereocenters. The zero-order valence-electron chi connectivity index (χ0n) is 10.2. The van der Waals surface area contributed by atoms with E-state index in [-0.39, 0.29) is 5.91 Å². The Hall–Kier alpha value is -2.14. The molecule has 3 aromatic rings. The normalized spacial score (nSPS) is 10.7. The Morgan fingerprint density at radius 3 is 3.16 bits per heavy atom. The molecular weight excluding hydrogens is 258 g/mol. The number of nitrogens with zero attached hydrogens (tertiary/aromatic N) is 2. The fraction of sp³-hybridized carbons (Fsp3) is 0.143. The number of hydrogen-bond donors (Lipinski definition) is 1. The maximum atomic E-state index is 12.1. The second-order valence-corrected chi connectivity index (χ2v) is 5.01. The molecule has 4 nitrogen and oxygen atoms in total. The van der Waals surface area contributed by atoms with Gasteiger partial charge in [-0.25, -0.2) is 4.52 Å². The number of pyridine rings is 1. The highest BCUT2D eigenvalue weighted by molar-refractivity contribution is 7.07. The monoisotopic (exact) mass is 271 g/mol. The molecule has 0 bridgehead atoms. The zero-order chi connectivity index (χ0) is 13.1. The van der Waals surface area contributed by atoms with Crippen molar-refractivity contribution in [3.63, 3.8) is 0 Å². The van der Waals surface area contributed by atoms with Crippen molar-refractivity contribution >= 4 is 22.8 Å². The van der Waals surface area contributed by atoms with Crippen LogP contribution in [0.25, 0.3) is 5.52 Å². The van der Waals surface area contributed by atoms with Crippen LogP contribution in [0.1, 0.15) is 15.9 Å². The van der Waals surface area contributed by atoms with Crippen LogP contribution in [-0.4, -0.2) is 22.1 Å². The molecule has 0 aliphatic carbocycles. The van der Waals surface area contributed by atoms with Gasteiger partial charge in [-0.3, -0.25) is 4.79 Å². The topological polar surface area (TPSA) is 46.4 Å². The van der Waals surface area contributed by atoms with Gasteiger partial charge in [0.1, 0.15) is 0 Å². The zero-order valence-corrected chi connectivity index (χ0v) is 11.1. The Labute approximate surface area is 114 Å². The van der Waals surface area contributed by atoms with Crippen molar-refractivity contribution in [2.24, 2.45) is 0 Å². The summed E-state index contributed by atoms with van der Waals surface area (Å²) in [6.07, 6.45) is 4.29. The summed E-state index contributed by atoms with van der Waals surface area (Å²) in [5, 5.41) is 11.2. The number of amides is 1. The maximum absolute atomic E-state index is 12.1. The number of carbonyl (C=O) groups is 1. The second kappa shape index (κ2) is 5.24. The van der Waals surface area contributed by atoms with Gasteiger partial charge in [-0.2, -0.15) is 16.4 Å². The third-order valence-electron chi connectivity index (χ3n) is 2.95. The SMILES string of the molecule is O=C(NCCc1ccsc1)c1cnn2ccccc12. The molecule has 1 amide bonds. The van der Waals surface area contributed by atoms with Gasteiger partial charge in [0, 0.05) is 12.7 Å². The van der Waals surface area contributed by atoms with Gasteiger partial charge in [0.2, 0.25) is 0 Å². The lowest BCUT2D eigenvalue weighted by atomic mass is 10.2. The summed E-state index contributed by atoms with van der Waals surface area (Å²) in [4.78, 5) is 12.1. The first-order chi connectivity index (χ1) is 9.34. The number of rotatable bonds is 4. The van der Waals surface area contributed by atoms with Gasteiger partial charge in [-0.05, 0) is 40.9 Å². The summed E-state index contributed by atoms with van der Waals surface area (Å²) in [6, 6.07) is 7.75. The Kier molecular flexibility index (Phi) is 3.29. The van der Waals surface area contributed by atoms with Crippen LogP contribution in [0.4, 0.5) is 0 Å². The minimum Gasteiger partial charge on any atom is -0.352 e. The standard InChI is InChI=1S/C14H13N3OS/c18-14(15-6-4-11-5-8-19-10-11)12-9-16-17-7-2-1-3-13(12)17/h1-3,5,7-10H,4,6H2,(H,15,18). The summed E-state index contributed by atoms with van der Waals surface area (Å²) in [6.45, 7) is 0.639. The molecule has 0 aromatic carbocycles. The third kappa shape index (κ3) is 2.51. The second-order valence-electron chi connectivity index (χ2n) is 4.23. The van der Waals surface area contributed by atoms with Gasteiger partial charge in [-0.15, -0.1) is 0 Å². The van der Waals surface area contributed by atoms with E-state index in [1.165, 1.54) is 5.56 Å². The lowest BCUT2D eigenvalue weighted by molar-refractivity contribution is 0.0956. The molecule has 0 fully saturated rings. The number of thiophene rings is 1. The van der Waals surface area contributed by atoms with Gasteiger partial charge in [0.15, 0.2) is 0 Å². The molecule has 0 aliphatic rings. The van der Waals surface area contributed by atoms with E-state index in [0.717, 1.165) is 11.9 Å². The minimum atomic E-state index is -0.0728. The van der Waals surface area contributed by atoms with Crippen molar-refractivity contribution in [2.45, 2.75) is 6.42 Å². The highest BCUT2D eigenvalue weighted by Gasteiger charge is 2.11. The summed E-state index contributed by atoms with van der Waals surface area (Å²) in [5.74, 6) is -0.0728. The minimum absolute atomic E-state index is 0.0728. The number of nitrogens with one attached hydrogen (secondary N) is 1. The molecule has 3 heterocycles. The molecule has 0 unspecified atom stereocenters. The summed E-state index contributed by atoms with van der Waals surface area (Å²) in [7, 11) is 0. The quantitative estimate of drug-likeness (QED) is 0.792. The van der Waals surface area contributed by atoms with Gasteiger partial charge in [0.05, 0.1) is 17.3 Å². The van der Waals surface area contributed by atoms with Crippen LogP contribution < -0.4 is 5.32 Å². The average Bonchev–Trinajstić information content (AvgIpc) is 3.07. The molecule has 0 aliphatic heterocycles. The fourth-order valence-electron chi connectivity index (χ4n) is 1.96. The van der Waals surface area contributed by atoms with Crippen LogP contribution >= 0.6 is 11.3 Å². The Morgan fingerprint density at radius 2 is 2.32 bits per heavy atom. The van der Waals surface area contributed by atoms with Crippen molar-refractivity contribution in [3.05, 3.63) is 58.5 Å². The fourth-order valence-corrected chi connectivity index (χ4v) is 2.66. The van der Waals surface area contributed by atoms with Crippen LogP contribution in [0.2, 0.25) is 0 Å². The van der Waals surface area contributed by atoms with Gasteiger partial charge in [0.25, 0.3) is 5.91 Å². The third-order valence-corrected chi connectivity index (χ3v) is 3.68. The van der Waals surface area contributed by atoms with Crippen LogP contribution in [0.5, 0.6) is 0 Å². The predicted molar refractivity (Wildman–Crippen MR) is 75.5 cm³/mol. The van der Waals surface area contributed by atoms with E-state index in [0.29, 0.717) is 12.1 Å². The smallest absolute Gasteiger partial charge is 0.255 e. The van der Waals surface area contributed by atoms with Gasteiger partial charge < -0.3 is 5.32 Å². The van der Waals surface area contributed by atoms with Crippen LogP contribution in [0.3, 0.4) is 0 Å². The molecule has 3 aromatic heterocycles. The first kappa shape index (κ1) is 11.9. The molecule has 0 radical (unpaired) electrons. The average molecular weight is 271 g/mol. The Balaban J connectivity index is 1.67. The number of hydrogen-bond acceptors (Lipinski definition) is 3. The molecular formula is C14H13N3OS. The summed E-state index contributed by atoms with van der Waals surface area (Å²) in [5.41, 5.74) is 2.70. The lowest BCUT2D eigenvalue weighted by Crippen LogP contribution is -2.25.